The molecule has 0 N–H and O–H groups in total. The van der Waals surface area contributed by atoms with E-state index in [0.717, 1.165) is 6.07 Å². The lowest BCUT2D eigenvalue weighted by molar-refractivity contribution is 0.184. The molecule has 0 unspecified atom stereocenters. The summed E-state index contributed by atoms with van der Waals surface area (Å²) in [5.74, 6) is 0.610. The third-order valence-corrected chi connectivity index (χ3v) is 2.43. The van der Waals surface area contributed by atoms with Gasteiger partial charge in [-0.15, -0.1) is 0 Å². The summed E-state index contributed by atoms with van der Waals surface area (Å²) in [7, 11) is -1.38. The fraction of sp³-hybridized carbons (Fsp3) is 0.214. The van der Waals surface area contributed by atoms with E-state index in [1.54, 1.807) is 24.3 Å². The second kappa shape index (κ2) is 5.51. The van der Waals surface area contributed by atoms with Crippen LogP contribution in [0.2, 0.25) is 0 Å². The molecule has 0 aliphatic rings. The van der Waals surface area contributed by atoms with Gasteiger partial charge in [-0.1, -0.05) is 0 Å². The molecule has 0 spiro atoms. The lowest BCUT2D eigenvalue weighted by Gasteiger charge is -2.08. The van der Waals surface area contributed by atoms with Crippen LogP contribution in [0.5, 0.6) is 5.75 Å². The molecule has 1 aromatic heterocycles. The molecule has 0 aliphatic carbocycles. The molecule has 0 fully saturated rings. The third-order valence-electron chi connectivity index (χ3n) is 2.43. The van der Waals surface area contributed by atoms with Crippen molar-refractivity contribution >= 4 is 0 Å². The maximum atomic E-state index is 12.0. The minimum absolute atomic E-state index is 0.0796. The lowest BCUT2D eigenvalue weighted by Crippen LogP contribution is -2.17. The summed E-state index contributed by atoms with van der Waals surface area (Å²) in [5, 5.41) is 0. The van der Waals surface area contributed by atoms with Crippen molar-refractivity contribution in [3.8, 4) is 11.4 Å². The molecule has 18 heavy (non-hydrogen) atoms. The zero-order valence-electron chi connectivity index (χ0n) is 14.7. The quantitative estimate of drug-likeness (QED) is 0.833. The van der Waals surface area contributed by atoms with Crippen LogP contribution >= 0.6 is 0 Å². The van der Waals surface area contributed by atoms with Crippen LogP contribution in [0.4, 0.5) is 0 Å². The molecular formula is C14H15NO3. The van der Waals surface area contributed by atoms with Gasteiger partial charge < -0.3 is 9.47 Å². The minimum Gasteiger partial charge on any atom is -0.497 e. The number of benzene rings is 1. The highest BCUT2D eigenvalue weighted by atomic mass is 16.5. The van der Waals surface area contributed by atoms with E-state index in [2.05, 4.69) is 4.74 Å². The molecule has 4 nitrogen and oxygen atoms in total. The van der Waals surface area contributed by atoms with Gasteiger partial charge in [0.05, 0.1) is 20.5 Å². The van der Waals surface area contributed by atoms with Crippen molar-refractivity contribution in [2.75, 3.05) is 14.1 Å². The largest absolute Gasteiger partial charge is 0.497 e. The van der Waals surface area contributed by atoms with E-state index in [0.29, 0.717) is 11.4 Å². The fourth-order valence-electron chi connectivity index (χ4n) is 1.55. The molecule has 0 radical (unpaired) electrons. The number of hydrogen-bond donors (Lipinski definition) is 0. The second-order valence-corrected chi connectivity index (χ2v) is 3.53. The molecule has 1 heterocycles. The Balaban J connectivity index is 2.44. The number of aromatic nitrogens is 1. The number of nitrogens with zero attached hydrogens (tertiary/aromatic N) is 1. The van der Waals surface area contributed by atoms with Crippen LogP contribution in [0.15, 0.2) is 47.4 Å². The molecule has 94 valence electrons. The molecule has 2 rings (SSSR count). The summed E-state index contributed by atoms with van der Waals surface area (Å²) in [6.07, 6.45) is 1.22. The highest BCUT2D eigenvalue weighted by Gasteiger charge is 2.02. The van der Waals surface area contributed by atoms with Crippen LogP contribution in [0.1, 0.15) is 12.4 Å². The summed E-state index contributed by atoms with van der Waals surface area (Å²) < 4.78 is 47.3. The fourth-order valence-corrected chi connectivity index (χ4v) is 1.55. The predicted octanol–water partition coefficient (Wildman–Crippen LogP) is 1.99. The van der Waals surface area contributed by atoms with E-state index in [4.69, 9.17) is 11.6 Å². The Labute approximate surface area is 112 Å². The zero-order chi connectivity index (χ0) is 17.3. The number of pyridine rings is 1. The van der Waals surface area contributed by atoms with Crippen molar-refractivity contribution in [2.24, 2.45) is 0 Å². The second-order valence-electron chi connectivity index (χ2n) is 3.53. The van der Waals surface area contributed by atoms with E-state index in [9.17, 15) is 4.79 Å². The van der Waals surface area contributed by atoms with Crippen LogP contribution in [-0.4, -0.2) is 18.7 Å². The third kappa shape index (κ3) is 2.60. The van der Waals surface area contributed by atoms with Gasteiger partial charge >= 0.3 is 0 Å². The van der Waals surface area contributed by atoms with Gasteiger partial charge in [0.25, 0.3) is 5.56 Å². The van der Waals surface area contributed by atoms with E-state index in [1.807, 2.05) is 0 Å². The van der Waals surface area contributed by atoms with E-state index < -0.39 is 13.6 Å². The van der Waals surface area contributed by atoms with Crippen LogP contribution in [0.3, 0.4) is 0 Å². The van der Waals surface area contributed by atoms with Gasteiger partial charge in [-0.25, -0.2) is 0 Å². The average molecular weight is 250 g/mol. The predicted molar refractivity (Wildman–Crippen MR) is 69.3 cm³/mol. The Hall–Kier alpha value is -2.07. The molecule has 0 amide bonds. The Bertz CT molecular complexity index is 737. The number of ether oxygens (including phenoxy) is 2. The zero-order valence-corrected chi connectivity index (χ0v) is 9.71. The molecule has 4 heteroatoms. The van der Waals surface area contributed by atoms with Crippen molar-refractivity contribution in [1.29, 1.82) is 0 Å². The number of methoxy groups -OCH3 is 2. The summed E-state index contributed by atoms with van der Waals surface area (Å²) >= 11 is 0. The topological polar surface area (TPSA) is 40.5 Å². The SMILES string of the molecule is [2H]C([2H])([2H])OC([2H])([2H])c1ccc(=O)n(-c2ccc(OC)cc2)c1. The molecular weight excluding hydrogens is 230 g/mol. The summed E-state index contributed by atoms with van der Waals surface area (Å²) in [4.78, 5) is 12.0. The molecule has 0 saturated heterocycles. The first-order valence-electron chi connectivity index (χ1n) is 7.70. The highest BCUT2D eigenvalue weighted by molar-refractivity contribution is 5.38. The molecule has 2 aromatic rings. The van der Waals surface area contributed by atoms with Crippen molar-refractivity contribution in [3.05, 3.63) is 58.5 Å². The normalized spacial score (nSPS) is 15.9. The van der Waals surface area contributed by atoms with Crippen molar-refractivity contribution in [3.63, 3.8) is 0 Å². The first-order valence-corrected chi connectivity index (χ1v) is 5.20. The van der Waals surface area contributed by atoms with Gasteiger partial charge in [-0.05, 0) is 35.9 Å². The summed E-state index contributed by atoms with van der Waals surface area (Å²) in [5.41, 5.74) is 0.0231. The van der Waals surface area contributed by atoms with Crippen LogP contribution in [0, 0.1) is 0 Å². The van der Waals surface area contributed by atoms with Gasteiger partial charge in [0.15, 0.2) is 0 Å². The summed E-state index contributed by atoms with van der Waals surface area (Å²) in [6.45, 7) is -2.56. The van der Waals surface area contributed by atoms with Gasteiger partial charge in [0.1, 0.15) is 5.75 Å². The standard InChI is InChI=1S/C14H15NO3/c1-17-10-11-3-8-14(16)15(9-11)12-4-6-13(18-2)7-5-12/h3-9H,10H2,1-2H3/i1D3,10D2. The Morgan fingerprint density at radius 1 is 1.28 bits per heavy atom. The molecule has 1 aromatic carbocycles. The Morgan fingerprint density at radius 3 is 2.72 bits per heavy atom. The maximum Gasteiger partial charge on any atom is 0.255 e. The average Bonchev–Trinajstić information content (AvgIpc) is 2.45. The monoisotopic (exact) mass is 250 g/mol. The van der Waals surface area contributed by atoms with Crippen molar-refractivity contribution in [2.45, 2.75) is 6.56 Å². The first kappa shape index (κ1) is 7.38. The van der Waals surface area contributed by atoms with Crippen molar-refractivity contribution in [1.82, 2.24) is 4.57 Å². The first-order chi connectivity index (χ1) is 10.6. The molecule has 0 bridgehead atoms. The Kier molecular flexibility index (Phi) is 2.26. The Morgan fingerprint density at radius 2 is 2.06 bits per heavy atom. The van der Waals surface area contributed by atoms with Crippen molar-refractivity contribution < 1.29 is 16.3 Å². The maximum absolute atomic E-state index is 12.0. The summed E-state index contributed by atoms with van der Waals surface area (Å²) in [6, 6.07) is 8.92. The number of hydrogen-bond acceptors (Lipinski definition) is 3. The van der Waals surface area contributed by atoms with Gasteiger partial charge in [0.2, 0.25) is 0 Å². The van der Waals surface area contributed by atoms with Crippen LogP contribution in [-0.2, 0) is 11.3 Å². The smallest absolute Gasteiger partial charge is 0.255 e. The molecule has 0 atom stereocenters. The highest BCUT2D eigenvalue weighted by Crippen LogP contribution is 2.14. The minimum atomic E-state index is -2.90. The van der Waals surface area contributed by atoms with Gasteiger partial charge in [-0.2, -0.15) is 0 Å². The van der Waals surface area contributed by atoms with Gasteiger partial charge in [-0.3, -0.25) is 9.36 Å². The van der Waals surface area contributed by atoms with Crippen LogP contribution in [0.25, 0.3) is 5.69 Å². The van der Waals surface area contributed by atoms with E-state index in [1.165, 1.54) is 23.9 Å². The number of rotatable bonds is 4. The van der Waals surface area contributed by atoms with E-state index in [-0.39, 0.29) is 11.1 Å². The van der Waals surface area contributed by atoms with Gasteiger partial charge in [0, 0.05) is 25.0 Å². The lowest BCUT2D eigenvalue weighted by atomic mass is 10.2. The molecule has 0 saturated carbocycles. The van der Waals surface area contributed by atoms with E-state index >= 15 is 0 Å². The molecule has 0 aliphatic heterocycles. The van der Waals surface area contributed by atoms with Crippen LogP contribution < -0.4 is 10.3 Å².